The number of hydrogen-bond acceptors (Lipinski definition) is 2. The highest BCUT2D eigenvalue weighted by molar-refractivity contribution is 5.85. The Balaban J connectivity index is 0. The minimum Gasteiger partial charge on any atom is -0.478 e. The van der Waals surface area contributed by atoms with Gasteiger partial charge in [-0.05, 0) is 6.92 Å². The first-order valence-corrected chi connectivity index (χ1v) is 2.62. The maximum absolute atomic E-state index is 10.1. The predicted octanol–water partition coefficient (Wildman–Crippen LogP) is 0.958. The molecule has 0 fully saturated rings. The molecule has 1 N–H and O–H groups in total. The maximum Gasteiger partial charge on any atom is 0.332 e. The van der Waals surface area contributed by atoms with Crippen molar-refractivity contribution >= 4 is 18.4 Å². The Labute approximate surface area is 66.7 Å². The van der Waals surface area contributed by atoms with Crippen LogP contribution in [0.15, 0.2) is 11.8 Å². The molecule has 4 heteroatoms. The molecule has 0 aliphatic rings. The molecule has 0 aliphatic carbocycles. The van der Waals surface area contributed by atoms with Crippen LogP contribution in [0.5, 0.6) is 0 Å². The van der Waals surface area contributed by atoms with Gasteiger partial charge in [-0.15, -0.1) is 12.4 Å². The Morgan fingerprint density at radius 3 is 2.00 bits per heavy atom. The molecular formula is C6H12ClNO2. The molecule has 0 aromatic heterocycles. The van der Waals surface area contributed by atoms with Gasteiger partial charge in [0.15, 0.2) is 0 Å². The summed E-state index contributed by atoms with van der Waals surface area (Å²) >= 11 is 0. The number of halogens is 1. The second-order valence-electron chi connectivity index (χ2n) is 2.08. The molecule has 0 aromatic rings. The fourth-order valence-electron chi connectivity index (χ4n) is 0.443. The first kappa shape index (κ1) is 12.0. The Hall–Kier alpha value is -0.700. The van der Waals surface area contributed by atoms with Gasteiger partial charge >= 0.3 is 5.97 Å². The molecule has 0 saturated carbocycles. The van der Waals surface area contributed by atoms with Gasteiger partial charge in [-0.2, -0.15) is 0 Å². The summed E-state index contributed by atoms with van der Waals surface area (Å²) in [4.78, 5) is 11.8. The van der Waals surface area contributed by atoms with Crippen molar-refractivity contribution in [2.45, 2.75) is 6.92 Å². The predicted molar refractivity (Wildman–Crippen MR) is 42.3 cm³/mol. The lowest BCUT2D eigenvalue weighted by atomic mass is 10.3. The average molecular weight is 166 g/mol. The van der Waals surface area contributed by atoms with Crippen LogP contribution < -0.4 is 0 Å². The van der Waals surface area contributed by atoms with E-state index < -0.39 is 5.97 Å². The summed E-state index contributed by atoms with van der Waals surface area (Å²) in [7, 11) is 3.57. The Kier molecular flexibility index (Phi) is 6.15. The number of carboxylic acids is 1. The van der Waals surface area contributed by atoms with Gasteiger partial charge in [0.05, 0.1) is 0 Å². The number of hydrogen-bond donors (Lipinski definition) is 1. The topological polar surface area (TPSA) is 40.5 Å². The Morgan fingerprint density at radius 2 is 1.90 bits per heavy atom. The minimum atomic E-state index is -0.872. The zero-order valence-corrected chi connectivity index (χ0v) is 7.10. The lowest BCUT2D eigenvalue weighted by Gasteiger charge is -2.03. The summed E-state index contributed by atoms with van der Waals surface area (Å²) in [6, 6.07) is 0. The van der Waals surface area contributed by atoms with Crippen molar-refractivity contribution in [3.05, 3.63) is 11.8 Å². The number of nitrogens with zero attached hydrogens (tertiary/aromatic N) is 1. The molecule has 10 heavy (non-hydrogen) atoms. The fourth-order valence-corrected chi connectivity index (χ4v) is 0.443. The number of rotatable bonds is 2. The van der Waals surface area contributed by atoms with Crippen molar-refractivity contribution in [3.8, 4) is 0 Å². The third kappa shape index (κ3) is 5.44. The van der Waals surface area contributed by atoms with E-state index in [0.717, 1.165) is 0 Å². The zero-order chi connectivity index (χ0) is 7.44. The Bertz CT molecular complexity index is 143. The highest BCUT2D eigenvalue weighted by Crippen LogP contribution is 1.91. The summed E-state index contributed by atoms with van der Waals surface area (Å²) < 4.78 is 0. The molecule has 0 aromatic carbocycles. The van der Waals surface area contributed by atoms with Gasteiger partial charge in [-0.3, -0.25) is 0 Å². The standard InChI is InChI=1S/C6H11NO2.ClH/c1-5(6(8)9)4-7(2)3;/h4H,1-3H3,(H,8,9);1H. The molecule has 0 radical (unpaired) electrons. The highest BCUT2D eigenvalue weighted by atomic mass is 35.5. The summed E-state index contributed by atoms with van der Waals surface area (Å²) in [5.41, 5.74) is 0.347. The molecule has 0 amide bonds. The van der Waals surface area contributed by atoms with Crippen LogP contribution in [0.3, 0.4) is 0 Å². The molecular weight excluding hydrogens is 154 g/mol. The average Bonchev–Trinajstić information content (AvgIpc) is 1.63. The first-order valence-electron chi connectivity index (χ1n) is 2.62. The van der Waals surface area contributed by atoms with Crippen LogP contribution in [0.25, 0.3) is 0 Å². The van der Waals surface area contributed by atoms with Crippen molar-refractivity contribution < 1.29 is 9.90 Å². The second-order valence-corrected chi connectivity index (χ2v) is 2.08. The molecule has 3 nitrogen and oxygen atoms in total. The van der Waals surface area contributed by atoms with E-state index in [4.69, 9.17) is 5.11 Å². The van der Waals surface area contributed by atoms with Crippen LogP contribution >= 0.6 is 12.4 Å². The van der Waals surface area contributed by atoms with Crippen molar-refractivity contribution in [2.75, 3.05) is 14.1 Å². The van der Waals surface area contributed by atoms with Crippen molar-refractivity contribution in [1.29, 1.82) is 0 Å². The van der Waals surface area contributed by atoms with Gasteiger partial charge in [-0.1, -0.05) is 0 Å². The van der Waals surface area contributed by atoms with Gasteiger partial charge in [-0.25, -0.2) is 4.79 Å². The first-order chi connectivity index (χ1) is 4.04. The smallest absolute Gasteiger partial charge is 0.332 e. The molecule has 0 unspecified atom stereocenters. The van der Waals surface area contributed by atoms with Crippen LogP contribution in [-0.2, 0) is 4.79 Å². The summed E-state index contributed by atoms with van der Waals surface area (Å²) in [6.07, 6.45) is 1.56. The van der Waals surface area contributed by atoms with E-state index >= 15 is 0 Å². The van der Waals surface area contributed by atoms with E-state index in [-0.39, 0.29) is 12.4 Å². The normalized spacial score (nSPS) is 10.1. The van der Waals surface area contributed by atoms with Crippen LogP contribution in [0.4, 0.5) is 0 Å². The van der Waals surface area contributed by atoms with E-state index in [1.807, 2.05) is 0 Å². The minimum absolute atomic E-state index is 0. The SMILES string of the molecule is CC(=CN(C)C)C(=O)O.Cl. The molecule has 0 atom stereocenters. The van der Waals surface area contributed by atoms with Gasteiger partial charge in [0, 0.05) is 25.9 Å². The van der Waals surface area contributed by atoms with Crippen LogP contribution in [0.1, 0.15) is 6.92 Å². The summed E-state index contributed by atoms with van der Waals surface area (Å²) in [6.45, 7) is 1.56. The van der Waals surface area contributed by atoms with E-state index in [1.165, 1.54) is 0 Å². The molecule has 0 spiro atoms. The lowest BCUT2D eigenvalue weighted by molar-refractivity contribution is -0.132. The monoisotopic (exact) mass is 165 g/mol. The number of carbonyl (C=O) groups is 1. The quantitative estimate of drug-likeness (QED) is 0.620. The lowest BCUT2D eigenvalue weighted by Crippen LogP contribution is -2.06. The third-order valence-corrected chi connectivity index (χ3v) is 0.789. The van der Waals surface area contributed by atoms with E-state index in [0.29, 0.717) is 5.57 Å². The van der Waals surface area contributed by atoms with Gasteiger partial charge in [0.2, 0.25) is 0 Å². The molecule has 0 heterocycles. The summed E-state index contributed by atoms with van der Waals surface area (Å²) in [5.74, 6) is -0.872. The maximum atomic E-state index is 10.1. The van der Waals surface area contributed by atoms with Crippen molar-refractivity contribution in [2.24, 2.45) is 0 Å². The second kappa shape index (κ2) is 5.11. The molecule has 60 valence electrons. The largest absolute Gasteiger partial charge is 0.478 e. The van der Waals surface area contributed by atoms with Crippen LogP contribution in [0.2, 0.25) is 0 Å². The summed E-state index contributed by atoms with van der Waals surface area (Å²) in [5, 5.41) is 8.34. The highest BCUT2D eigenvalue weighted by Gasteiger charge is 1.97. The van der Waals surface area contributed by atoms with Gasteiger partial charge < -0.3 is 10.0 Å². The van der Waals surface area contributed by atoms with E-state index in [1.54, 1.807) is 32.1 Å². The molecule has 0 bridgehead atoms. The number of aliphatic carboxylic acids is 1. The number of carboxylic acid groups (broad SMARTS) is 1. The zero-order valence-electron chi connectivity index (χ0n) is 6.29. The van der Waals surface area contributed by atoms with E-state index in [2.05, 4.69) is 0 Å². The van der Waals surface area contributed by atoms with Crippen LogP contribution in [0, 0.1) is 0 Å². The van der Waals surface area contributed by atoms with Gasteiger partial charge in [0.25, 0.3) is 0 Å². The van der Waals surface area contributed by atoms with Crippen molar-refractivity contribution in [1.82, 2.24) is 4.90 Å². The van der Waals surface area contributed by atoms with Crippen LogP contribution in [-0.4, -0.2) is 30.1 Å². The van der Waals surface area contributed by atoms with Crippen molar-refractivity contribution in [3.63, 3.8) is 0 Å². The fraction of sp³-hybridized carbons (Fsp3) is 0.500. The molecule has 0 rings (SSSR count). The Morgan fingerprint density at radius 1 is 1.50 bits per heavy atom. The third-order valence-electron chi connectivity index (χ3n) is 0.789. The van der Waals surface area contributed by atoms with E-state index in [9.17, 15) is 4.79 Å². The molecule has 0 saturated heterocycles. The van der Waals surface area contributed by atoms with Gasteiger partial charge in [0.1, 0.15) is 0 Å². The molecule has 0 aliphatic heterocycles.